The zero-order chi connectivity index (χ0) is 17.3. The van der Waals surface area contributed by atoms with Crippen molar-refractivity contribution < 1.29 is 0 Å². The van der Waals surface area contributed by atoms with E-state index in [9.17, 15) is 0 Å². The van der Waals surface area contributed by atoms with Crippen molar-refractivity contribution in [3.05, 3.63) is 71.8 Å². The van der Waals surface area contributed by atoms with Crippen LogP contribution in [0.15, 0.2) is 60.7 Å². The molecule has 0 aliphatic carbocycles. The number of rotatable bonds is 4. The summed E-state index contributed by atoms with van der Waals surface area (Å²) in [5.74, 6) is 0. The normalized spacial score (nSPS) is 10.7. The summed E-state index contributed by atoms with van der Waals surface area (Å²) in [7, 11) is 8.21. The SMILES string of the molecule is CN(C)c1cccc2ccc(C(=N)c3ccccc3)c(N(C)C)c12. The maximum absolute atomic E-state index is 8.72. The van der Waals surface area contributed by atoms with Gasteiger partial charge in [-0.2, -0.15) is 0 Å². The molecule has 122 valence electrons. The van der Waals surface area contributed by atoms with Crippen LogP contribution in [0.25, 0.3) is 10.8 Å². The van der Waals surface area contributed by atoms with Crippen LogP contribution in [0.2, 0.25) is 0 Å². The highest BCUT2D eigenvalue weighted by Crippen LogP contribution is 2.37. The van der Waals surface area contributed by atoms with E-state index in [0.29, 0.717) is 5.71 Å². The van der Waals surface area contributed by atoms with Gasteiger partial charge in [0.2, 0.25) is 0 Å². The van der Waals surface area contributed by atoms with E-state index in [1.165, 1.54) is 16.5 Å². The van der Waals surface area contributed by atoms with Gasteiger partial charge in [-0.05, 0) is 11.5 Å². The van der Waals surface area contributed by atoms with Crippen molar-refractivity contribution in [2.24, 2.45) is 0 Å². The van der Waals surface area contributed by atoms with Crippen LogP contribution in [-0.4, -0.2) is 33.9 Å². The molecule has 0 unspecified atom stereocenters. The monoisotopic (exact) mass is 317 g/mol. The maximum Gasteiger partial charge on any atom is 0.0705 e. The van der Waals surface area contributed by atoms with E-state index >= 15 is 0 Å². The van der Waals surface area contributed by atoms with Crippen LogP contribution in [-0.2, 0) is 0 Å². The lowest BCUT2D eigenvalue weighted by Crippen LogP contribution is -2.17. The zero-order valence-corrected chi connectivity index (χ0v) is 14.7. The molecule has 3 aromatic carbocycles. The van der Waals surface area contributed by atoms with Gasteiger partial charge in [0.1, 0.15) is 0 Å². The van der Waals surface area contributed by atoms with E-state index in [4.69, 9.17) is 5.41 Å². The highest BCUT2D eigenvalue weighted by Gasteiger charge is 2.17. The lowest BCUT2D eigenvalue weighted by Gasteiger charge is -2.25. The molecule has 0 fully saturated rings. The highest BCUT2D eigenvalue weighted by atomic mass is 15.1. The predicted molar refractivity (Wildman–Crippen MR) is 105 cm³/mol. The lowest BCUT2D eigenvalue weighted by molar-refractivity contribution is 1.12. The molecule has 0 amide bonds. The number of anilines is 2. The molecule has 3 heteroatoms. The molecule has 3 aromatic rings. The second-order valence-corrected chi connectivity index (χ2v) is 6.37. The molecule has 0 radical (unpaired) electrons. The first-order valence-electron chi connectivity index (χ1n) is 8.05. The summed E-state index contributed by atoms with van der Waals surface area (Å²) in [4.78, 5) is 4.24. The van der Waals surface area contributed by atoms with Crippen LogP contribution < -0.4 is 9.80 Å². The third kappa shape index (κ3) is 2.73. The van der Waals surface area contributed by atoms with Gasteiger partial charge in [-0.1, -0.05) is 54.6 Å². The summed E-state index contributed by atoms with van der Waals surface area (Å²) in [5.41, 5.74) is 4.69. The summed E-state index contributed by atoms with van der Waals surface area (Å²) in [6, 6.07) is 20.4. The molecular weight excluding hydrogens is 294 g/mol. The minimum absolute atomic E-state index is 0.551. The first kappa shape index (κ1) is 16.1. The van der Waals surface area contributed by atoms with E-state index in [1.54, 1.807) is 0 Å². The van der Waals surface area contributed by atoms with Gasteiger partial charge in [0, 0.05) is 50.4 Å². The third-order valence-corrected chi connectivity index (χ3v) is 4.26. The molecule has 3 rings (SSSR count). The van der Waals surface area contributed by atoms with Gasteiger partial charge < -0.3 is 9.80 Å². The Hall–Kier alpha value is -2.81. The molecule has 3 nitrogen and oxygen atoms in total. The molecule has 0 heterocycles. The van der Waals surface area contributed by atoms with Crippen LogP contribution in [0.4, 0.5) is 11.4 Å². The minimum Gasteiger partial charge on any atom is -0.377 e. The van der Waals surface area contributed by atoms with Crippen molar-refractivity contribution >= 4 is 27.9 Å². The molecule has 24 heavy (non-hydrogen) atoms. The molecule has 0 spiro atoms. The Morgan fingerprint density at radius 3 is 2.08 bits per heavy atom. The van der Waals surface area contributed by atoms with Crippen LogP contribution >= 0.6 is 0 Å². The van der Waals surface area contributed by atoms with Crippen LogP contribution in [0.1, 0.15) is 11.1 Å². The van der Waals surface area contributed by atoms with Gasteiger partial charge in [-0.25, -0.2) is 0 Å². The largest absolute Gasteiger partial charge is 0.377 e. The van der Waals surface area contributed by atoms with Crippen molar-refractivity contribution in [3.8, 4) is 0 Å². The number of hydrogen-bond acceptors (Lipinski definition) is 3. The van der Waals surface area contributed by atoms with E-state index in [0.717, 1.165) is 16.8 Å². The number of hydrogen-bond donors (Lipinski definition) is 1. The Bertz CT molecular complexity index is 880. The lowest BCUT2D eigenvalue weighted by atomic mass is 9.95. The Kier molecular flexibility index (Phi) is 4.26. The highest BCUT2D eigenvalue weighted by molar-refractivity contribution is 6.19. The van der Waals surface area contributed by atoms with Crippen LogP contribution in [0, 0.1) is 5.41 Å². The quantitative estimate of drug-likeness (QED) is 0.723. The van der Waals surface area contributed by atoms with E-state index in [2.05, 4.69) is 54.2 Å². The topological polar surface area (TPSA) is 30.3 Å². The molecule has 0 atom stereocenters. The Morgan fingerprint density at radius 2 is 1.46 bits per heavy atom. The fraction of sp³-hybridized carbons (Fsp3) is 0.190. The molecule has 0 aliphatic heterocycles. The van der Waals surface area contributed by atoms with Crippen LogP contribution in [0.5, 0.6) is 0 Å². The van der Waals surface area contributed by atoms with Crippen LogP contribution in [0.3, 0.4) is 0 Å². The zero-order valence-electron chi connectivity index (χ0n) is 14.7. The predicted octanol–water partition coefficient (Wildman–Crippen LogP) is 4.39. The smallest absolute Gasteiger partial charge is 0.0705 e. The fourth-order valence-electron chi connectivity index (χ4n) is 3.14. The summed E-state index contributed by atoms with van der Waals surface area (Å²) in [5, 5.41) is 11.1. The third-order valence-electron chi connectivity index (χ3n) is 4.26. The molecule has 0 aromatic heterocycles. The van der Waals surface area contributed by atoms with Crippen molar-refractivity contribution in [1.82, 2.24) is 0 Å². The van der Waals surface area contributed by atoms with Gasteiger partial charge >= 0.3 is 0 Å². The minimum atomic E-state index is 0.551. The van der Waals surface area contributed by atoms with Crippen molar-refractivity contribution in [1.29, 1.82) is 5.41 Å². The molecule has 1 N–H and O–H groups in total. The molecule has 0 bridgehead atoms. The van der Waals surface area contributed by atoms with Crippen molar-refractivity contribution in [2.45, 2.75) is 0 Å². The number of nitrogens with zero attached hydrogens (tertiary/aromatic N) is 2. The molecule has 0 saturated carbocycles. The van der Waals surface area contributed by atoms with Crippen molar-refractivity contribution in [3.63, 3.8) is 0 Å². The Balaban J connectivity index is 2.32. The number of benzene rings is 3. The first-order valence-corrected chi connectivity index (χ1v) is 8.05. The van der Waals surface area contributed by atoms with Gasteiger partial charge in [0.05, 0.1) is 11.4 Å². The first-order chi connectivity index (χ1) is 11.5. The molecule has 0 saturated heterocycles. The molecule has 0 aliphatic rings. The fourth-order valence-corrected chi connectivity index (χ4v) is 3.14. The Labute approximate surface area is 143 Å². The summed E-state index contributed by atoms with van der Waals surface area (Å²) in [6.45, 7) is 0. The number of nitrogens with one attached hydrogen (secondary N) is 1. The van der Waals surface area contributed by atoms with E-state index < -0.39 is 0 Å². The van der Waals surface area contributed by atoms with E-state index in [1.807, 2.05) is 44.4 Å². The summed E-state index contributed by atoms with van der Waals surface area (Å²) >= 11 is 0. The van der Waals surface area contributed by atoms with Gasteiger partial charge in [0.15, 0.2) is 0 Å². The van der Waals surface area contributed by atoms with Gasteiger partial charge in [-0.15, -0.1) is 0 Å². The van der Waals surface area contributed by atoms with Gasteiger partial charge in [0.25, 0.3) is 0 Å². The summed E-state index contributed by atoms with van der Waals surface area (Å²) < 4.78 is 0. The molecular formula is C21H23N3. The average Bonchev–Trinajstić information content (AvgIpc) is 2.60. The Morgan fingerprint density at radius 1 is 0.750 bits per heavy atom. The van der Waals surface area contributed by atoms with Gasteiger partial charge in [-0.3, -0.25) is 5.41 Å². The number of fused-ring (bicyclic) bond motifs is 1. The standard InChI is InChI=1S/C21H23N3/c1-23(2)18-12-8-11-15-13-14-17(21(19(15)18)24(3)4)20(22)16-9-6-5-7-10-16/h5-14,22H,1-4H3. The summed E-state index contributed by atoms with van der Waals surface area (Å²) in [6.07, 6.45) is 0. The average molecular weight is 317 g/mol. The second-order valence-electron chi connectivity index (χ2n) is 6.37. The second kappa shape index (κ2) is 6.36. The maximum atomic E-state index is 8.72. The van der Waals surface area contributed by atoms with E-state index in [-0.39, 0.29) is 0 Å². The van der Waals surface area contributed by atoms with Crippen molar-refractivity contribution in [2.75, 3.05) is 38.0 Å².